The van der Waals surface area contributed by atoms with E-state index in [1.807, 2.05) is 24.0 Å². The summed E-state index contributed by atoms with van der Waals surface area (Å²) in [5.74, 6) is -0.959. The first-order valence-corrected chi connectivity index (χ1v) is 14.5. The van der Waals surface area contributed by atoms with Crippen molar-refractivity contribution in [3.8, 4) is 0 Å². The lowest BCUT2D eigenvalue weighted by molar-refractivity contribution is -0.134. The molecule has 0 spiro atoms. The fourth-order valence-electron chi connectivity index (χ4n) is 5.32. The number of allylic oxidation sites excluding steroid dienone is 4. The third-order valence-electron chi connectivity index (χ3n) is 7.80. The zero-order valence-corrected chi connectivity index (χ0v) is 24.2. The smallest absolute Gasteiger partial charge is 0.243 e. The number of ketones is 1. The van der Waals surface area contributed by atoms with Gasteiger partial charge in [-0.2, -0.15) is 0 Å². The predicted molar refractivity (Wildman–Crippen MR) is 152 cm³/mol. The van der Waals surface area contributed by atoms with Crippen molar-refractivity contribution < 1.29 is 28.7 Å². The molecule has 3 rings (SSSR count). The SMILES string of the molecule is C=C/C=C(\C=C/C)CC(NC(=O)C(C)NC(=O)CN1CCOCC1)C(=O)NC(CC1CCCC1)C(=O)C1(C)CO1. The second-order valence-corrected chi connectivity index (χ2v) is 11.3. The van der Waals surface area contributed by atoms with Gasteiger partial charge in [0.05, 0.1) is 32.4 Å². The third-order valence-corrected chi connectivity index (χ3v) is 7.80. The minimum atomic E-state index is -0.958. The lowest BCUT2D eigenvalue weighted by Gasteiger charge is -2.27. The molecule has 222 valence electrons. The van der Waals surface area contributed by atoms with Gasteiger partial charge in [0, 0.05) is 19.5 Å². The van der Waals surface area contributed by atoms with Gasteiger partial charge in [0.1, 0.15) is 17.7 Å². The third kappa shape index (κ3) is 9.67. The molecule has 2 aliphatic heterocycles. The van der Waals surface area contributed by atoms with Crippen LogP contribution in [0, 0.1) is 5.92 Å². The maximum absolute atomic E-state index is 13.7. The molecule has 3 N–H and O–H groups in total. The van der Waals surface area contributed by atoms with Crippen LogP contribution in [0.3, 0.4) is 0 Å². The fourth-order valence-corrected chi connectivity index (χ4v) is 5.32. The average Bonchev–Trinajstić information content (AvgIpc) is 3.46. The van der Waals surface area contributed by atoms with Crippen molar-refractivity contribution in [2.75, 3.05) is 39.5 Å². The highest BCUT2D eigenvalue weighted by atomic mass is 16.6. The zero-order valence-electron chi connectivity index (χ0n) is 24.2. The molecule has 10 heteroatoms. The number of carbonyl (C=O) groups excluding carboxylic acids is 4. The number of carbonyl (C=O) groups is 4. The summed E-state index contributed by atoms with van der Waals surface area (Å²) in [5, 5.41) is 8.50. The molecule has 1 saturated carbocycles. The maximum atomic E-state index is 13.7. The van der Waals surface area contributed by atoms with Gasteiger partial charge in [-0.15, -0.1) is 0 Å². The van der Waals surface area contributed by atoms with Crippen LogP contribution in [0.5, 0.6) is 0 Å². The largest absolute Gasteiger partial charge is 0.379 e. The minimum Gasteiger partial charge on any atom is -0.379 e. The molecular formula is C30H46N4O6. The Hall–Kier alpha value is -2.82. The Bertz CT molecular complexity index is 977. The maximum Gasteiger partial charge on any atom is 0.243 e. The number of ether oxygens (including phenoxy) is 2. The van der Waals surface area contributed by atoms with Gasteiger partial charge in [-0.1, -0.05) is 56.6 Å². The van der Waals surface area contributed by atoms with Crippen molar-refractivity contribution in [1.29, 1.82) is 0 Å². The summed E-state index contributed by atoms with van der Waals surface area (Å²) in [6, 6.07) is -2.51. The Balaban J connectivity index is 1.70. The molecule has 4 unspecified atom stereocenters. The summed E-state index contributed by atoms with van der Waals surface area (Å²) in [7, 11) is 0. The molecule has 2 heterocycles. The van der Waals surface area contributed by atoms with Gasteiger partial charge in [-0.3, -0.25) is 24.1 Å². The Kier molecular flexibility index (Phi) is 12.1. The van der Waals surface area contributed by atoms with Gasteiger partial charge in [-0.05, 0) is 38.7 Å². The lowest BCUT2D eigenvalue weighted by Crippen LogP contribution is -2.57. The van der Waals surface area contributed by atoms with E-state index in [4.69, 9.17) is 9.47 Å². The molecule has 0 aromatic heterocycles. The molecule has 2 saturated heterocycles. The number of nitrogens with zero attached hydrogens (tertiary/aromatic N) is 1. The first-order valence-electron chi connectivity index (χ1n) is 14.5. The summed E-state index contributed by atoms with van der Waals surface area (Å²) in [6.07, 6.45) is 12.2. The van der Waals surface area contributed by atoms with Crippen LogP contribution in [0.15, 0.2) is 36.5 Å². The van der Waals surface area contributed by atoms with Crippen molar-refractivity contribution in [3.05, 3.63) is 36.5 Å². The lowest BCUT2D eigenvalue weighted by atomic mass is 9.90. The average molecular weight is 559 g/mol. The van der Waals surface area contributed by atoms with E-state index in [0.29, 0.717) is 45.2 Å². The van der Waals surface area contributed by atoms with Crippen LogP contribution in [0.4, 0.5) is 0 Å². The minimum absolute atomic E-state index is 0.128. The van der Waals surface area contributed by atoms with E-state index in [2.05, 4.69) is 22.5 Å². The summed E-state index contributed by atoms with van der Waals surface area (Å²) >= 11 is 0. The standard InChI is InChI=1S/C30H46N4O6/c1-5-9-22(10-6-2)18-25(33-28(37)21(3)31-26(35)19-34-13-15-39-16-14-34)29(38)32-24(17-23-11-7-8-12-23)27(36)30(4)20-40-30/h5-6,9-10,21,23-25H,1,7-8,11-20H2,2-4H3,(H,31,35)(H,32,38)(H,33,37)/b10-6-,22-9+. The second-order valence-electron chi connectivity index (χ2n) is 11.3. The molecule has 3 aliphatic rings. The number of morpholine rings is 1. The van der Waals surface area contributed by atoms with Crippen molar-refractivity contribution in [1.82, 2.24) is 20.9 Å². The van der Waals surface area contributed by atoms with Crippen molar-refractivity contribution in [2.45, 2.75) is 83.0 Å². The van der Waals surface area contributed by atoms with Gasteiger partial charge in [-0.25, -0.2) is 0 Å². The van der Waals surface area contributed by atoms with Gasteiger partial charge < -0.3 is 25.4 Å². The summed E-state index contributed by atoms with van der Waals surface area (Å²) in [6.45, 7) is 11.9. The van der Waals surface area contributed by atoms with Crippen LogP contribution < -0.4 is 16.0 Å². The van der Waals surface area contributed by atoms with E-state index in [0.717, 1.165) is 31.3 Å². The first kappa shape index (κ1) is 31.7. The van der Waals surface area contributed by atoms with E-state index >= 15 is 0 Å². The van der Waals surface area contributed by atoms with E-state index in [9.17, 15) is 19.2 Å². The number of amides is 3. The van der Waals surface area contributed by atoms with Crippen LogP contribution in [0.2, 0.25) is 0 Å². The van der Waals surface area contributed by atoms with E-state index < -0.39 is 35.5 Å². The van der Waals surface area contributed by atoms with E-state index in [-0.39, 0.29) is 24.7 Å². The van der Waals surface area contributed by atoms with Crippen molar-refractivity contribution in [3.63, 3.8) is 0 Å². The van der Waals surface area contributed by atoms with Crippen molar-refractivity contribution >= 4 is 23.5 Å². The molecule has 0 bridgehead atoms. The second kappa shape index (κ2) is 15.3. The number of rotatable bonds is 15. The van der Waals surface area contributed by atoms with Crippen LogP contribution in [-0.2, 0) is 28.7 Å². The zero-order chi connectivity index (χ0) is 29.1. The highest BCUT2D eigenvalue weighted by Gasteiger charge is 2.50. The number of hydrogen-bond donors (Lipinski definition) is 3. The molecule has 40 heavy (non-hydrogen) atoms. The molecule has 0 aromatic carbocycles. The highest BCUT2D eigenvalue weighted by Crippen LogP contribution is 2.33. The predicted octanol–water partition coefficient (Wildman–Crippen LogP) is 1.81. The molecule has 10 nitrogen and oxygen atoms in total. The fraction of sp³-hybridized carbons (Fsp3) is 0.667. The van der Waals surface area contributed by atoms with Crippen LogP contribution in [0.25, 0.3) is 0 Å². The van der Waals surface area contributed by atoms with Gasteiger partial charge >= 0.3 is 0 Å². The Morgan fingerprint density at radius 1 is 1.05 bits per heavy atom. The molecule has 0 radical (unpaired) electrons. The van der Waals surface area contributed by atoms with E-state index in [1.165, 1.54) is 0 Å². The molecule has 0 aromatic rings. The summed E-state index contributed by atoms with van der Waals surface area (Å²) in [4.78, 5) is 54.6. The molecular weight excluding hydrogens is 512 g/mol. The molecule has 4 atom stereocenters. The molecule has 3 fully saturated rings. The Labute approximate surface area is 238 Å². The van der Waals surface area contributed by atoms with Gasteiger partial charge in [0.25, 0.3) is 0 Å². The monoisotopic (exact) mass is 558 g/mol. The van der Waals surface area contributed by atoms with E-state index in [1.54, 1.807) is 26.0 Å². The van der Waals surface area contributed by atoms with Crippen LogP contribution in [-0.4, -0.2) is 91.6 Å². The molecule has 1 aliphatic carbocycles. The number of hydrogen-bond acceptors (Lipinski definition) is 7. The Morgan fingerprint density at radius 2 is 1.70 bits per heavy atom. The number of epoxide rings is 1. The van der Waals surface area contributed by atoms with Crippen LogP contribution >= 0.6 is 0 Å². The Morgan fingerprint density at radius 3 is 2.30 bits per heavy atom. The van der Waals surface area contributed by atoms with Gasteiger partial charge in [0.15, 0.2) is 5.78 Å². The molecule has 3 amide bonds. The first-order chi connectivity index (χ1) is 19.1. The highest BCUT2D eigenvalue weighted by molar-refractivity contribution is 5.98. The van der Waals surface area contributed by atoms with Crippen molar-refractivity contribution in [2.24, 2.45) is 5.92 Å². The topological polar surface area (TPSA) is 129 Å². The summed E-state index contributed by atoms with van der Waals surface area (Å²) in [5.41, 5.74) is -0.0777. The van der Waals surface area contributed by atoms with Crippen LogP contribution in [0.1, 0.15) is 59.3 Å². The summed E-state index contributed by atoms with van der Waals surface area (Å²) < 4.78 is 10.7. The quantitative estimate of drug-likeness (QED) is 0.207. The number of nitrogens with one attached hydrogen (secondary N) is 3. The normalized spacial score (nSPS) is 24.2. The van der Waals surface area contributed by atoms with Gasteiger partial charge in [0.2, 0.25) is 17.7 Å². The number of Topliss-reactive ketones (excluding diaryl/α,β-unsaturated/α-hetero) is 1.